The second-order valence-corrected chi connectivity index (χ2v) is 7.02. The molecular formula is C20H34N2O. The van der Waals surface area contributed by atoms with E-state index < -0.39 is 0 Å². The van der Waals surface area contributed by atoms with Crippen LogP contribution in [-0.2, 0) is 0 Å². The Morgan fingerprint density at radius 2 is 1.96 bits per heavy atom. The van der Waals surface area contributed by atoms with Crippen molar-refractivity contribution in [3.63, 3.8) is 0 Å². The molecule has 3 nitrogen and oxygen atoms in total. The maximum absolute atomic E-state index is 5.97. The molecule has 1 saturated heterocycles. The third kappa shape index (κ3) is 6.42. The third-order valence-electron chi connectivity index (χ3n) is 4.91. The number of benzene rings is 1. The van der Waals surface area contributed by atoms with Crippen molar-refractivity contribution >= 4 is 5.69 Å². The first-order valence-electron chi connectivity index (χ1n) is 9.31. The summed E-state index contributed by atoms with van der Waals surface area (Å²) in [6.45, 7) is 6.99. The fourth-order valence-corrected chi connectivity index (χ4v) is 3.28. The highest BCUT2D eigenvalue weighted by Crippen LogP contribution is 2.23. The molecule has 3 heteroatoms. The van der Waals surface area contributed by atoms with E-state index in [4.69, 9.17) is 4.74 Å². The standard InChI is InChI=1S/C20H34N2O/c1-4-5-6-13-22-14-10-18(11-15-22)12-16-23-20-9-7-8-19(17-20)21(2)3/h7-9,17-18H,4-6,10-16H2,1-3H3. The minimum atomic E-state index is 0.842. The van der Waals surface area contributed by atoms with E-state index >= 15 is 0 Å². The van der Waals surface area contributed by atoms with Crippen LogP contribution in [0.15, 0.2) is 24.3 Å². The van der Waals surface area contributed by atoms with Gasteiger partial charge in [0.15, 0.2) is 0 Å². The molecule has 0 unspecified atom stereocenters. The van der Waals surface area contributed by atoms with E-state index in [0.717, 1.165) is 18.3 Å². The van der Waals surface area contributed by atoms with Gasteiger partial charge in [0, 0.05) is 25.8 Å². The number of hydrogen-bond acceptors (Lipinski definition) is 3. The first-order chi connectivity index (χ1) is 11.2. The maximum Gasteiger partial charge on any atom is 0.121 e. The highest BCUT2D eigenvalue weighted by Gasteiger charge is 2.18. The molecular weight excluding hydrogens is 284 g/mol. The SMILES string of the molecule is CCCCCN1CCC(CCOc2cccc(N(C)C)c2)CC1. The van der Waals surface area contributed by atoms with Gasteiger partial charge in [0.1, 0.15) is 5.75 Å². The second-order valence-electron chi connectivity index (χ2n) is 7.02. The molecule has 0 aromatic heterocycles. The monoisotopic (exact) mass is 318 g/mol. The number of hydrogen-bond donors (Lipinski definition) is 0. The molecule has 1 aliphatic heterocycles. The van der Waals surface area contributed by atoms with Gasteiger partial charge in [-0.1, -0.05) is 25.8 Å². The molecule has 0 saturated carbocycles. The average Bonchev–Trinajstić information content (AvgIpc) is 2.57. The van der Waals surface area contributed by atoms with Crippen molar-refractivity contribution in [1.82, 2.24) is 4.90 Å². The zero-order valence-electron chi connectivity index (χ0n) is 15.3. The van der Waals surface area contributed by atoms with E-state index in [0.29, 0.717) is 0 Å². The van der Waals surface area contributed by atoms with Gasteiger partial charge in [0.25, 0.3) is 0 Å². The highest BCUT2D eigenvalue weighted by atomic mass is 16.5. The number of likely N-dealkylation sites (tertiary alicyclic amines) is 1. The lowest BCUT2D eigenvalue weighted by Crippen LogP contribution is -2.34. The lowest BCUT2D eigenvalue weighted by Gasteiger charge is -2.31. The smallest absolute Gasteiger partial charge is 0.121 e. The quantitative estimate of drug-likeness (QED) is 0.627. The van der Waals surface area contributed by atoms with E-state index in [2.05, 4.69) is 55.1 Å². The Balaban J connectivity index is 1.63. The van der Waals surface area contributed by atoms with Crippen LogP contribution in [0.3, 0.4) is 0 Å². The lowest BCUT2D eigenvalue weighted by molar-refractivity contribution is 0.161. The summed E-state index contributed by atoms with van der Waals surface area (Å²) in [7, 11) is 4.13. The molecule has 0 amide bonds. The lowest BCUT2D eigenvalue weighted by atomic mass is 9.94. The van der Waals surface area contributed by atoms with Crippen LogP contribution >= 0.6 is 0 Å². The molecule has 1 heterocycles. The molecule has 1 aliphatic rings. The number of unbranched alkanes of at least 4 members (excludes halogenated alkanes) is 2. The van der Waals surface area contributed by atoms with Crippen molar-refractivity contribution in [2.45, 2.75) is 45.4 Å². The summed E-state index contributed by atoms with van der Waals surface area (Å²) in [4.78, 5) is 4.76. The molecule has 1 aromatic rings. The fraction of sp³-hybridized carbons (Fsp3) is 0.700. The largest absolute Gasteiger partial charge is 0.494 e. The summed E-state index contributed by atoms with van der Waals surface area (Å²) in [5.74, 6) is 1.84. The van der Waals surface area contributed by atoms with E-state index in [1.165, 1.54) is 63.8 Å². The van der Waals surface area contributed by atoms with Gasteiger partial charge in [-0.2, -0.15) is 0 Å². The summed E-state index contributed by atoms with van der Waals surface area (Å²) >= 11 is 0. The Hall–Kier alpha value is -1.22. The minimum absolute atomic E-state index is 0.842. The van der Waals surface area contributed by atoms with Gasteiger partial charge in [-0.3, -0.25) is 0 Å². The Labute approximate surface area is 142 Å². The number of ether oxygens (including phenoxy) is 1. The minimum Gasteiger partial charge on any atom is -0.494 e. The molecule has 23 heavy (non-hydrogen) atoms. The predicted molar refractivity (Wildman–Crippen MR) is 99.6 cm³/mol. The Bertz CT molecular complexity index is 439. The Morgan fingerprint density at radius 3 is 2.65 bits per heavy atom. The number of piperidine rings is 1. The van der Waals surface area contributed by atoms with E-state index in [-0.39, 0.29) is 0 Å². The van der Waals surface area contributed by atoms with Gasteiger partial charge < -0.3 is 14.5 Å². The topological polar surface area (TPSA) is 15.7 Å². The van der Waals surface area contributed by atoms with Gasteiger partial charge in [-0.15, -0.1) is 0 Å². The molecule has 0 spiro atoms. The Kier molecular flexibility index (Phi) is 7.73. The van der Waals surface area contributed by atoms with Crippen molar-refractivity contribution in [2.24, 2.45) is 5.92 Å². The molecule has 0 atom stereocenters. The highest BCUT2D eigenvalue weighted by molar-refractivity contribution is 5.49. The van der Waals surface area contributed by atoms with Gasteiger partial charge in [0.2, 0.25) is 0 Å². The molecule has 0 bridgehead atoms. The van der Waals surface area contributed by atoms with Gasteiger partial charge >= 0.3 is 0 Å². The van der Waals surface area contributed by atoms with Crippen LogP contribution in [0.1, 0.15) is 45.4 Å². The van der Waals surface area contributed by atoms with Crippen LogP contribution in [0.5, 0.6) is 5.75 Å². The normalized spacial score (nSPS) is 16.5. The molecule has 2 rings (SSSR count). The molecule has 0 aliphatic carbocycles. The number of rotatable bonds is 9. The van der Waals surface area contributed by atoms with E-state index in [1.807, 2.05) is 0 Å². The van der Waals surface area contributed by atoms with Crippen LogP contribution < -0.4 is 9.64 Å². The summed E-state index contributed by atoms with van der Waals surface area (Å²) in [5, 5.41) is 0. The van der Waals surface area contributed by atoms with Crippen LogP contribution in [-0.4, -0.2) is 45.2 Å². The zero-order valence-corrected chi connectivity index (χ0v) is 15.3. The molecule has 1 aromatic carbocycles. The first kappa shape index (κ1) is 18.1. The second kappa shape index (κ2) is 9.82. The van der Waals surface area contributed by atoms with Gasteiger partial charge in [-0.05, 0) is 63.4 Å². The number of anilines is 1. The van der Waals surface area contributed by atoms with E-state index in [1.54, 1.807) is 0 Å². The van der Waals surface area contributed by atoms with Crippen LogP contribution in [0, 0.1) is 5.92 Å². The predicted octanol–water partition coefficient (Wildman–Crippen LogP) is 4.42. The summed E-state index contributed by atoms with van der Waals surface area (Å²) in [6, 6.07) is 8.36. The molecule has 0 radical (unpaired) electrons. The first-order valence-corrected chi connectivity index (χ1v) is 9.31. The summed E-state index contributed by atoms with van der Waals surface area (Å²) in [6.07, 6.45) is 7.94. The summed E-state index contributed by atoms with van der Waals surface area (Å²) in [5.41, 5.74) is 1.20. The molecule has 0 N–H and O–H groups in total. The van der Waals surface area contributed by atoms with Crippen LogP contribution in [0.2, 0.25) is 0 Å². The molecule has 1 fully saturated rings. The van der Waals surface area contributed by atoms with Crippen LogP contribution in [0.25, 0.3) is 0 Å². The maximum atomic E-state index is 5.97. The third-order valence-corrected chi connectivity index (χ3v) is 4.91. The average molecular weight is 319 g/mol. The Morgan fingerprint density at radius 1 is 1.17 bits per heavy atom. The van der Waals surface area contributed by atoms with Crippen molar-refractivity contribution in [2.75, 3.05) is 45.2 Å². The summed E-state index contributed by atoms with van der Waals surface area (Å²) < 4.78 is 5.97. The number of nitrogens with zero attached hydrogens (tertiary/aromatic N) is 2. The fourth-order valence-electron chi connectivity index (χ4n) is 3.28. The van der Waals surface area contributed by atoms with Gasteiger partial charge in [-0.25, -0.2) is 0 Å². The zero-order chi connectivity index (χ0) is 16.5. The van der Waals surface area contributed by atoms with E-state index in [9.17, 15) is 0 Å². The van der Waals surface area contributed by atoms with Crippen molar-refractivity contribution in [1.29, 1.82) is 0 Å². The van der Waals surface area contributed by atoms with Gasteiger partial charge in [0.05, 0.1) is 6.61 Å². The van der Waals surface area contributed by atoms with Crippen molar-refractivity contribution in [3.8, 4) is 5.75 Å². The van der Waals surface area contributed by atoms with Crippen molar-refractivity contribution in [3.05, 3.63) is 24.3 Å². The molecule has 130 valence electrons. The van der Waals surface area contributed by atoms with Crippen molar-refractivity contribution < 1.29 is 4.74 Å². The van der Waals surface area contributed by atoms with Crippen LogP contribution in [0.4, 0.5) is 5.69 Å².